The van der Waals surface area contributed by atoms with Crippen LogP contribution in [0.15, 0.2) is 30.3 Å². The fourth-order valence-electron chi connectivity index (χ4n) is 5.38. The summed E-state index contributed by atoms with van der Waals surface area (Å²) in [6.45, 7) is 8.04. The summed E-state index contributed by atoms with van der Waals surface area (Å²) in [5.41, 5.74) is 1.09. The number of aliphatic hydroxyl groups excluding tert-OH is 1. The number of quaternary nitrogens is 1. The Hall–Kier alpha value is -0.820. The molecular formula is C29H41Cl3NO3S+. The fraction of sp³-hybridized carbons (Fsp3) is 0.621. The molecule has 1 aromatic carbocycles. The van der Waals surface area contributed by atoms with E-state index in [-0.39, 0.29) is 29.3 Å². The highest BCUT2D eigenvalue weighted by Crippen LogP contribution is 2.42. The Morgan fingerprint density at radius 1 is 1.05 bits per heavy atom. The summed E-state index contributed by atoms with van der Waals surface area (Å²) in [6, 6.07) is 9.52. The van der Waals surface area contributed by atoms with Gasteiger partial charge in [-0.1, -0.05) is 23.2 Å². The van der Waals surface area contributed by atoms with Crippen LogP contribution in [0.25, 0.3) is 0 Å². The molecule has 0 amide bonds. The van der Waals surface area contributed by atoms with Crippen LogP contribution in [-0.2, 0) is 17.6 Å². The Morgan fingerprint density at radius 3 is 2.43 bits per heavy atom. The van der Waals surface area contributed by atoms with Gasteiger partial charge in [-0.3, -0.25) is 0 Å². The molecule has 1 aliphatic rings. The second kappa shape index (κ2) is 14.5. The van der Waals surface area contributed by atoms with Gasteiger partial charge >= 0.3 is 5.97 Å². The van der Waals surface area contributed by atoms with Gasteiger partial charge in [0.25, 0.3) is 0 Å². The van der Waals surface area contributed by atoms with Crippen molar-refractivity contribution < 1.29 is 19.1 Å². The highest BCUT2D eigenvalue weighted by molar-refractivity contribution is 7.13. The smallest absolute Gasteiger partial charge is 0.348 e. The van der Waals surface area contributed by atoms with Gasteiger partial charge in [-0.2, -0.15) is 0 Å². The summed E-state index contributed by atoms with van der Waals surface area (Å²) < 4.78 is 6.53. The van der Waals surface area contributed by atoms with E-state index >= 15 is 0 Å². The van der Waals surface area contributed by atoms with E-state index in [1.54, 1.807) is 6.07 Å². The number of rotatable bonds is 14. The Balaban J connectivity index is 1.44. The van der Waals surface area contributed by atoms with Crippen molar-refractivity contribution in [1.82, 2.24) is 0 Å². The second-order valence-electron chi connectivity index (χ2n) is 10.6. The van der Waals surface area contributed by atoms with Crippen molar-refractivity contribution in [2.45, 2.75) is 70.3 Å². The first-order valence-corrected chi connectivity index (χ1v) is 15.5. The lowest BCUT2D eigenvalue weighted by Gasteiger charge is -2.31. The fourth-order valence-corrected chi connectivity index (χ4v) is 7.39. The Labute approximate surface area is 241 Å². The van der Waals surface area contributed by atoms with Gasteiger partial charge in [0.2, 0.25) is 0 Å². The monoisotopic (exact) mass is 588 g/mol. The minimum absolute atomic E-state index is 0.0160. The number of aryl methyl sites for hydroxylation is 2. The van der Waals surface area contributed by atoms with Crippen LogP contribution in [0.3, 0.4) is 0 Å². The Morgan fingerprint density at radius 2 is 1.76 bits per heavy atom. The second-order valence-corrected chi connectivity index (χ2v) is 13.2. The summed E-state index contributed by atoms with van der Waals surface area (Å²) in [5, 5.41) is 11.9. The number of halogens is 3. The van der Waals surface area contributed by atoms with Gasteiger partial charge in [0.1, 0.15) is 4.88 Å². The lowest BCUT2D eigenvalue weighted by atomic mass is 9.85. The molecule has 37 heavy (non-hydrogen) atoms. The number of alkyl halides is 1. The first kappa shape index (κ1) is 30.7. The number of benzene rings is 1. The van der Waals surface area contributed by atoms with Crippen molar-refractivity contribution in [3.05, 3.63) is 55.7 Å². The Kier molecular flexibility index (Phi) is 12.1. The van der Waals surface area contributed by atoms with Gasteiger partial charge in [0.15, 0.2) is 0 Å². The van der Waals surface area contributed by atoms with Crippen LogP contribution in [0.1, 0.15) is 66.1 Å². The van der Waals surface area contributed by atoms with Gasteiger partial charge in [-0.05, 0) is 100 Å². The maximum absolute atomic E-state index is 12.5. The molecule has 1 N–H and O–H groups in total. The molecule has 2 aromatic rings. The zero-order valence-electron chi connectivity index (χ0n) is 22.2. The number of aliphatic hydroxyl groups is 1. The molecule has 0 radical (unpaired) electrons. The molecule has 1 heterocycles. The van der Waals surface area contributed by atoms with Crippen molar-refractivity contribution >= 4 is 52.1 Å². The van der Waals surface area contributed by atoms with Crippen LogP contribution in [0.5, 0.6) is 0 Å². The van der Waals surface area contributed by atoms with E-state index in [1.807, 2.05) is 24.3 Å². The highest BCUT2D eigenvalue weighted by Gasteiger charge is 2.40. The molecule has 0 spiro atoms. The van der Waals surface area contributed by atoms with E-state index in [1.165, 1.54) is 16.2 Å². The molecule has 0 saturated heterocycles. The van der Waals surface area contributed by atoms with Crippen LogP contribution in [0.2, 0.25) is 10.0 Å². The molecule has 8 heteroatoms. The molecule has 0 aliphatic heterocycles. The first-order chi connectivity index (χ1) is 17.6. The number of thiophene rings is 1. The molecule has 206 valence electrons. The van der Waals surface area contributed by atoms with E-state index in [9.17, 15) is 9.90 Å². The standard InChI is InChI=1S/C29H41Cl3NO3S/c1-4-33(3,5-2)14-7-15-36-29(35)28-13-11-23(37-28)8-6-9-24-25(27(34)19-26(24)32)12-10-20-16-21(30)18-22(31)17-20/h11,13,16-18,24-27,34H,4-10,12,14-15,19H2,1-3H3/q+1. The highest BCUT2D eigenvalue weighted by atomic mass is 35.5. The molecule has 1 aliphatic carbocycles. The zero-order chi connectivity index (χ0) is 27.0. The van der Waals surface area contributed by atoms with E-state index in [0.29, 0.717) is 28.0 Å². The minimum atomic E-state index is -0.378. The number of ether oxygens (including phenoxy) is 1. The molecule has 3 rings (SSSR count). The van der Waals surface area contributed by atoms with Gasteiger partial charge in [0.05, 0.1) is 39.4 Å². The van der Waals surface area contributed by atoms with Crippen molar-refractivity contribution in [2.24, 2.45) is 11.8 Å². The molecule has 4 atom stereocenters. The maximum atomic E-state index is 12.5. The molecular weight excluding hydrogens is 549 g/mol. The molecule has 0 bridgehead atoms. The summed E-state index contributed by atoms with van der Waals surface area (Å²) in [4.78, 5) is 14.3. The van der Waals surface area contributed by atoms with Crippen LogP contribution in [0.4, 0.5) is 0 Å². The van der Waals surface area contributed by atoms with Gasteiger partial charge in [-0.25, -0.2) is 4.79 Å². The Bertz CT molecular complexity index is 990. The number of esters is 1. The van der Waals surface area contributed by atoms with Crippen LogP contribution in [0, 0.1) is 11.8 Å². The lowest BCUT2D eigenvalue weighted by Crippen LogP contribution is -2.44. The van der Waals surface area contributed by atoms with Gasteiger partial charge < -0.3 is 14.3 Å². The topological polar surface area (TPSA) is 46.5 Å². The van der Waals surface area contributed by atoms with Crippen molar-refractivity contribution in [3.8, 4) is 0 Å². The number of carbonyl (C=O) groups is 1. The third-order valence-electron chi connectivity index (χ3n) is 8.09. The first-order valence-electron chi connectivity index (χ1n) is 13.5. The summed E-state index contributed by atoms with van der Waals surface area (Å²) >= 11 is 20.5. The average Bonchev–Trinajstić information content (AvgIpc) is 3.43. The number of hydrogen-bond acceptors (Lipinski definition) is 4. The zero-order valence-corrected chi connectivity index (χ0v) is 25.3. The number of nitrogens with zero attached hydrogens (tertiary/aromatic N) is 1. The van der Waals surface area contributed by atoms with Crippen LogP contribution < -0.4 is 0 Å². The van der Waals surface area contributed by atoms with E-state index in [4.69, 9.17) is 39.5 Å². The van der Waals surface area contributed by atoms with Gasteiger partial charge in [0, 0.05) is 26.7 Å². The molecule has 1 saturated carbocycles. The summed E-state index contributed by atoms with van der Waals surface area (Å²) in [6.07, 6.45) is 5.62. The summed E-state index contributed by atoms with van der Waals surface area (Å²) in [7, 11) is 2.24. The summed E-state index contributed by atoms with van der Waals surface area (Å²) in [5.74, 6) is 0.209. The predicted molar refractivity (Wildman–Crippen MR) is 156 cm³/mol. The van der Waals surface area contributed by atoms with Crippen LogP contribution >= 0.6 is 46.1 Å². The SMILES string of the molecule is CC[N+](C)(CC)CCCOC(=O)c1ccc(CCCC2C(Cl)CC(O)C2CCc2cc(Cl)cc(Cl)c2)s1. The quantitative estimate of drug-likeness (QED) is 0.107. The lowest BCUT2D eigenvalue weighted by molar-refractivity contribution is -0.906. The normalized spacial score (nSPS) is 21.9. The minimum Gasteiger partial charge on any atom is -0.461 e. The molecule has 1 fully saturated rings. The largest absolute Gasteiger partial charge is 0.461 e. The molecule has 4 unspecified atom stereocenters. The van der Waals surface area contributed by atoms with E-state index < -0.39 is 0 Å². The van der Waals surface area contributed by atoms with Crippen molar-refractivity contribution in [3.63, 3.8) is 0 Å². The number of hydrogen-bond donors (Lipinski definition) is 1. The van der Waals surface area contributed by atoms with Gasteiger partial charge in [-0.15, -0.1) is 22.9 Å². The maximum Gasteiger partial charge on any atom is 0.348 e. The third-order valence-corrected chi connectivity index (χ3v) is 10.2. The predicted octanol–water partition coefficient (Wildman–Crippen LogP) is 7.65. The van der Waals surface area contributed by atoms with Crippen LogP contribution in [-0.4, -0.2) is 60.3 Å². The average molecular weight is 590 g/mol. The molecule has 4 nitrogen and oxygen atoms in total. The third kappa shape index (κ3) is 9.12. The van der Waals surface area contributed by atoms with Crippen molar-refractivity contribution in [2.75, 3.05) is 33.3 Å². The van der Waals surface area contributed by atoms with Crippen molar-refractivity contribution in [1.29, 1.82) is 0 Å². The van der Waals surface area contributed by atoms with E-state index in [2.05, 4.69) is 20.9 Å². The van der Waals surface area contributed by atoms with E-state index in [0.717, 1.165) is 68.2 Å². The number of carbonyl (C=O) groups excluding carboxylic acids is 1. The molecule has 1 aromatic heterocycles.